The number of hydrogen-bond acceptors (Lipinski definition) is 4. The van der Waals surface area contributed by atoms with Crippen molar-refractivity contribution in [1.82, 2.24) is 4.98 Å². The fourth-order valence-electron chi connectivity index (χ4n) is 1.87. The number of halogens is 2. The maximum absolute atomic E-state index is 13.5. The molecule has 0 saturated heterocycles. The standard InChI is InChI=1S/C17H13F2NOS2/c18-12-5-7-14(8-6-12)21-9-17-20-13(11-23-17)10-22-16-4-2-1-3-15(16)19/h1-8,11H,9-10H2. The Bertz CT molecular complexity index is 774. The molecule has 0 saturated carbocycles. The summed E-state index contributed by atoms with van der Waals surface area (Å²) < 4.78 is 31.9. The highest BCUT2D eigenvalue weighted by Gasteiger charge is 2.06. The van der Waals surface area contributed by atoms with E-state index in [1.807, 2.05) is 11.4 Å². The largest absolute Gasteiger partial charge is 0.486 e. The van der Waals surface area contributed by atoms with Crippen LogP contribution in [0.1, 0.15) is 10.7 Å². The van der Waals surface area contributed by atoms with Gasteiger partial charge in [0.2, 0.25) is 0 Å². The van der Waals surface area contributed by atoms with Crippen molar-refractivity contribution < 1.29 is 13.5 Å². The molecule has 3 aromatic rings. The molecular formula is C17H13F2NOS2. The first-order valence-electron chi connectivity index (χ1n) is 6.90. The molecule has 0 aliphatic carbocycles. The summed E-state index contributed by atoms with van der Waals surface area (Å²) in [7, 11) is 0. The quantitative estimate of drug-likeness (QED) is 0.564. The van der Waals surface area contributed by atoms with Crippen molar-refractivity contribution in [3.8, 4) is 5.75 Å². The molecule has 23 heavy (non-hydrogen) atoms. The number of rotatable bonds is 6. The van der Waals surface area contributed by atoms with E-state index in [1.54, 1.807) is 24.3 Å². The molecule has 0 fully saturated rings. The number of thioether (sulfide) groups is 1. The second kappa shape index (κ2) is 7.57. The van der Waals surface area contributed by atoms with Crippen molar-refractivity contribution in [2.75, 3.05) is 0 Å². The van der Waals surface area contributed by atoms with Gasteiger partial charge in [-0.1, -0.05) is 12.1 Å². The summed E-state index contributed by atoms with van der Waals surface area (Å²) >= 11 is 2.91. The highest BCUT2D eigenvalue weighted by atomic mass is 32.2. The number of nitrogens with zero attached hydrogens (tertiary/aromatic N) is 1. The third-order valence-corrected chi connectivity index (χ3v) is 4.94. The Hall–Kier alpha value is -1.92. The van der Waals surface area contributed by atoms with Crippen LogP contribution < -0.4 is 4.74 Å². The SMILES string of the molecule is Fc1ccc(OCc2nc(CSc3ccccc3F)cs2)cc1. The Labute approximate surface area is 141 Å². The van der Waals surface area contributed by atoms with Crippen LogP contribution in [0.4, 0.5) is 8.78 Å². The van der Waals surface area contributed by atoms with Gasteiger partial charge >= 0.3 is 0 Å². The highest BCUT2D eigenvalue weighted by Crippen LogP contribution is 2.26. The van der Waals surface area contributed by atoms with Crippen molar-refractivity contribution in [3.63, 3.8) is 0 Å². The molecule has 1 heterocycles. The number of hydrogen-bond donors (Lipinski definition) is 0. The van der Waals surface area contributed by atoms with E-state index in [-0.39, 0.29) is 11.6 Å². The lowest BCUT2D eigenvalue weighted by Gasteiger charge is -2.03. The van der Waals surface area contributed by atoms with Crippen LogP contribution in [0.3, 0.4) is 0 Å². The Morgan fingerprint density at radius 3 is 2.61 bits per heavy atom. The minimum Gasteiger partial charge on any atom is -0.486 e. The number of ether oxygens (including phenoxy) is 1. The first-order chi connectivity index (χ1) is 11.2. The van der Waals surface area contributed by atoms with Crippen molar-refractivity contribution in [2.45, 2.75) is 17.3 Å². The van der Waals surface area contributed by atoms with E-state index < -0.39 is 0 Å². The molecule has 0 unspecified atom stereocenters. The van der Waals surface area contributed by atoms with Crippen LogP contribution in [0.25, 0.3) is 0 Å². The van der Waals surface area contributed by atoms with Gasteiger partial charge < -0.3 is 4.74 Å². The fraction of sp³-hybridized carbons (Fsp3) is 0.118. The molecule has 0 spiro atoms. The summed E-state index contributed by atoms with van der Waals surface area (Å²) in [6, 6.07) is 12.6. The van der Waals surface area contributed by atoms with E-state index in [4.69, 9.17) is 4.74 Å². The third kappa shape index (κ3) is 4.53. The normalized spacial score (nSPS) is 10.7. The first-order valence-corrected chi connectivity index (χ1v) is 8.76. The van der Waals surface area contributed by atoms with E-state index in [2.05, 4.69) is 4.98 Å². The molecule has 0 N–H and O–H groups in total. The molecule has 2 nitrogen and oxygen atoms in total. The molecule has 3 rings (SSSR count). The van der Waals surface area contributed by atoms with E-state index in [0.29, 0.717) is 23.0 Å². The maximum atomic E-state index is 13.5. The van der Waals surface area contributed by atoms with Gasteiger partial charge in [0.05, 0.1) is 5.69 Å². The molecule has 0 bridgehead atoms. The van der Waals surface area contributed by atoms with Gasteiger partial charge in [-0.25, -0.2) is 13.8 Å². The minimum absolute atomic E-state index is 0.215. The van der Waals surface area contributed by atoms with Crippen LogP contribution in [0.5, 0.6) is 5.75 Å². The van der Waals surface area contributed by atoms with Crippen LogP contribution in [0.2, 0.25) is 0 Å². The Morgan fingerprint density at radius 1 is 1.04 bits per heavy atom. The highest BCUT2D eigenvalue weighted by molar-refractivity contribution is 7.98. The molecule has 1 aromatic heterocycles. The average molecular weight is 349 g/mol. The summed E-state index contributed by atoms with van der Waals surface area (Å²) in [5.41, 5.74) is 0.890. The van der Waals surface area contributed by atoms with E-state index >= 15 is 0 Å². The monoisotopic (exact) mass is 349 g/mol. The summed E-state index contributed by atoms with van der Waals surface area (Å²) in [5.74, 6) is 0.698. The van der Waals surface area contributed by atoms with Crippen molar-refractivity contribution >= 4 is 23.1 Å². The van der Waals surface area contributed by atoms with Gasteiger partial charge in [-0.05, 0) is 36.4 Å². The predicted octanol–water partition coefficient (Wildman–Crippen LogP) is 5.29. The van der Waals surface area contributed by atoms with E-state index in [0.717, 1.165) is 10.7 Å². The molecular weight excluding hydrogens is 336 g/mol. The Balaban J connectivity index is 1.53. The van der Waals surface area contributed by atoms with Crippen LogP contribution in [0.15, 0.2) is 58.8 Å². The van der Waals surface area contributed by atoms with Crippen molar-refractivity contribution in [3.05, 3.63) is 76.2 Å². The summed E-state index contributed by atoms with van der Waals surface area (Å²) in [5, 5.41) is 2.77. The van der Waals surface area contributed by atoms with Gasteiger partial charge in [-0.3, -0.25) is 0 Å². The van der Waals surface area contributed by atoms with Crippen LogP contribution >= 0.6 is 23.1 Å². The minimum atomic E-state index is -0.293. The van der Waals surface area contributed by atoms with Gasteiger partial charge in [0.15, 0.2) is 0 Å². The molecule has 118 valence electrons. The zero-order valence-corrected chi connectivity index (χ0v) is 13.7. The predicted molar refractivity (Wildman–Crippen MR) is 88.8 cm³/mol. The fourth-order valence-corrected chi connectivity index (χ4v) is 3.51. The van der Waals surface area contributed by atoms with Crippen LogP contribution in [-0.2, 0) is 12.4 Å². The summed E-state index contributed by atoms with van der Waals surface area (Å²) in [6.07, 6.45) is 0. The molecule has 0 radical (unpaired) electrons. The molecule has 6 heteroatoms. The second-order valence-electron chi connectivity index (χ2n) is 4.69. The van der Waals surface area contributed by atoms with Gasteiger partial charge in [0.25, 0.3) is 0 Å². The van der Waals surface area contributed by atoms with Gasteiger partial charge in [-0.2, -0.15) is 0 Å². The zero-order chi connectivity index (χ0) is 16.1. The zero-order valence-electron chi connectivity index (χ0n) is 12.0. The Morgan fingerprint density at radius 2 is 1.83 bits per heavy atom. The maximum Gasteiger partial charge on any atom is 0.140 e. The first kappa shape index (κ1) is 16.0. The number of aromatic nitrogens is 1. The molecule has 0 amide bonds. The average Bonchev–Trinajstić information content (AvgIpc) is 3.02. The summed E-state index contributed by atoms with van der Waals surface area (Å²) in [6.45, 7) is 0.334. The van der Waals surface area contributed by atoms with Gasteiger partial charge in [0, 0.05) is 16.0 Å². The summed E-state index contributed by atoms with van der Waals surface area (Å²) in [4.78, 5) is 5.08. The lowest BCUT2D eigenvalue weighted by molar-refractivity contribution is 0.305. The second-order valence-corrected chi connectivity index (χ2v) is 6.65. The number of thiazole rings is 1. The van der Waals surface area contributed by atoms with E-state index in [1.165, 1.54) is 41.3 Å². The van der Waals surface area contributed by atoms with Crippen molar-refractivity contribution in [2.24, 2.45) is 0 Å². The van der Waals surface area contributed by atoms with Gasteiger partial charge in [0.1, 0.15) is 29.0 Å². The lowest BCUT2D eigenvalue weighted by atomic mass is 10.3. The van der Waals surface area contributed by atoms with Crippen molar-refractivity contribution in [1.29, 1.82) is 0 Å². The van der Waals surface area contributed by atoms with E-state index in [9.17, 15) is 8.78 Å². The van der Waals surface area contributed by atoms with Crippen LogP contribution in [-0.4, -0.2) is 4.98 Å². The Kier molecular flexibility index (Phi) is 5.25. The molecule has 0 aliphatic heterocycles. The molecule has 2 aromatic carbocycles. The smallest absolute Gasteiger partial charge is 0.140 e. The number of benzene rings is 2. The lowest BCUT2D eigenvalue weighted by Crippen LogP contribution is -1.95. The molecule has 0 aliphatic rings. The molecule has 0 atom stereocenters. The van der Waals surface area contributed by atoms with Crippen LogP contribution in [0, 0.1) is 11.6 Å². The van der Waals surface area contributed by atoms with Gasteiger partial charge in [-0.15, -0.1) is 23.1 Å². The topological polar surface area (TPSA) is 22.1 Å². The third-order valence-electron chi connectivity index (χ3n) is 2.99.